The molecule has 172 valence electrons. The lowest BCUT2D eigenvalue weighted by atomic mass is 10.1. The predicted molar refractivity (Wildman–Crippen MR) is 120 cm³/mol. The van der Waals surface area contributed by atoms with E-state index >= 15 is 0 Å². The van der Waals surface area contributed by atoms with Crippen LogP contribution in [0.1, 0.15) is 36.5 Å². The van der Waals surface area contributed by atoms with Crippen molar-refractivity contribution in [2.24, 2.45) is 0 Å². The molecule has 1 fully saturated rings. The van der Waals surface area contributed by atoms with Gasteiger partial charge in [-0.2, -0.15) is 0 Å². The molecule has 1 aliphatic rings. The molecule has 0 spiro atoms. The first kappa shape index (κ1) is 23.7. The molecule has 1 amide bonds. The van der Waals surface area contributed by atoms with E-state index in [4.69, 9.17) is 4.74 Å². The fourth-order valence-corrected chi connectivity index (χ4v) is 5.34. The Balaban J connectivity index is 1.66. The van der Waals surface area contributed by atoms with Gasteiger partial charge in [-0.1, -0.05) is 25.5 Å². The second kappa shape index (κ2) is 10.6. The number of sulfone groups is 1. The van der Waals surface area contributed by atoms with Crippen LogP contribution in [0.3, 0.4) is 0 Å². The van der Waals surface area contributed by atoms with Crippen molar-refractivity contribution in [3.63, 3.8) is 0 Å². The van der Waals surface area contributed by atoms with Crippen molar-refractivity contribution in [3.05, 3.63) is 59.9 Å². The first-order valence-electron chi connectivity index (χ1n) is 10.6. The van der Waals surface area contributed by atoms with Gasteiger partial charge < -0.3 is 15.0 Å². The summed E-state index contributed by atoms with van der Waals surface area (Å²) in [4.78, 5) is 27.0. The number of carbonyl (C=O) groups excluding carboxylic acids is 2. The molecule has 1 saturated heterocycles. The first-order valence-corrected chi connectivity index (χ1v) is 12.4. The molecule has 0 bridgehead atoms. The van der Waals surface area contributed by atoms with E-state index in [1.165, 1.54) is 17.0 Å². The molecular formula is C23H27FN2O5S. The number of halogens is 1. The number of hydrogen-bond acceptors (Lipinski definition) is 6. The SMILES string of the molecule is CCCCN(C(=O)COC(=O)c1ccccc1Nc1ccc(F)cc1)C1CCS(=O)(=O)C1. The van der Waals surface area contributed by atoms with Crippen molar-refractivity contribution >= 4 is 33.1 Å². The number of hydrogen-bond donors (Lipinski definition) is 1. The summed E-state index contributed by atoms with van der Waals surface area (Å²) < 4.78 is 42.1. The number of rotatable bonds is 9. The van der Waals surface area contributed by atoms with Crippen molar-refractivity contribution < 1.29 is 27.1 Å². The Morgan fingerprint density at radius 2 is 1.88 bits per heavy atom. The minimum Gasteiger partial charge on any atom is -0.452 e. The maximum absolute atomic E-state index is 13.1. The highest BCUT2D eigenvalue weighted by Gasteiger charge is 2.34. The minimum atomic E-state index is -3.14. The van der Waals surface area contributed by atoms with E-state index < -0.39 is 28.3 Å². The van der Waals surface area contributed by atoms with Gasteiger partial charge in [-0.05, 0) is 49.2 Å². The third kappa shape index (κ3) is 6.29. The molecule has 1 heterocycles. The highest BCUT2D eigenvalue weighted by Crippen LogP contribution is 2.23. The number of ether oxygens (including phenoxy) is 1. The fourth-order valence-electron chi connectivity index (χ4n) is 3.61. The Labute approximate surface area is 187 Å². The van der Waals surface area contributed by atoms with Gasteiger partial charge in [0.1, 0.15) is 5.82 Å². The molecule has 2 aromatic carbocycles. The average molecular weight is 463 g/mol. The third-order valence-corrected chi connectivity index (χ3v) is 7.07. The normalized spacial score (nSPS) is 17.0. The summed E-state index contributed by atoms with van der Waals surface area (Å²) in [6.45, 7) is 1.94. The number of anilines is 2. The van der Waals surface area contributed by atoms with Gasteiger partial charge in [0.25, 0.3) is 5.91 Å². The van der Waals surface area contributed by atoms with Gasteiger partial charge in [0, 0.05) is 18.3 Å². The van der Waals surface area contributed by atoms with Crippen molar-refractivity contribution in [2.75, 3.05) is 30.0 Å². The van der Waals surface area contributed by atoms with Gasteiger partial charge in [0.05, 0.1) is 22.8 Å². The summed E-state index contributed by atoms with van der Waals surface area (Å²) >= 11 is 0. The van der Waals surface area contributed by atoms with Gasteiger partial charge in [-0.25, -0.2) is 17.6 Å². The van der Waals surface area contributed by atoms with E-state index in [1.807, 2.05) is 6.92 Å². The number of amides is 1. The Hall–Kier alpha value is -2.94. The Kier molecular flexibility index (Phi) is 7.84. The summed E-state index contributed by atoms with van der Waals surface area (Å²) in [6, 6.07) is 12.0. The quantitative estimate of drug-likeness (QED) is 0.573. The van der Waals surface area contributed by atoms with Crippen LogP contribution in [-0.4, -0.2) is 55.9 Å². The van der Waals surface area contributed by atoms with Crippen LogP contribution in [0, 0.1) is 5.82 Å². The molecule has 1 unspecified atom stereocenters. The van der Waals surface area contributed by atoms with Gasteiger partial charge in [0.2, 0.25) is 0 Å². The molecule has 0 aliphatic carbocycles. The summed E-state index contributed by atoms with van der Waals surface area (Å²) in [5.41, 5.74) is 1.28. The lowest BCUT2D eigenvalue weighted by Gasteiger charge is -2.28. The number of para-hydroxylation sites is 1. The molecular weight excluding hydrogens is 435 g/mol. The first-order chi connectivity index (χ1) is 15.3. The standard InChI is InChI=1S/C23H27FN2O5S/c1-2-3-13-26(19-12-14-32(29,30)16-19)22(27)15-31-23(28)20-6-4-5-7-21(20)25-18-10-8-17(24)9-11-18/h4-11,19,25H,2-3,12-16H2,1H3. The summed E-state index contributed by atoms with van der Waals surface area (Å²) in [6.07, 6.45) is 1.99. The number of carbonyl (C=O) groups is 2. The van der Waals surface area contributed by atoms with Crippen molar-refractivity contribution in [3.8, 4) is 0 Å². The summed E-state index contributed by atoms with van der Waals surface area (Å²) in [5.74, 6) is -1.45. The van der Waals surface area contributed by atoms with Gasteiger partial charge in [-0.3, -0.25) is 4.79 Å². The molecule has 32 heavy (non-hydrogen) atoms. The van der Waals surface area contributed by atoms with Crippen LogP contribution in [0.5, 0.6) is 0 Å². The van der Waals surface area contributed by atoms with Crippen LogP contribution in [0.15, 0.2) is 48.5 Å². The van der Waals surface area contributed by atoms with Crippen molar-refractivity contribution in [1.29, 1.82) is 0 Å². The van der Waals surface area contributed by atoms with E-state index in [2.05, 4.69) is 5.32 Å². The monoisotopic (exact) mass is 462 g/mol. The van der Waals surface area contributed by atoms with Crippen LogP contribution >= 0.6 is 0 Å². The fraction of sp³-hybridized carbons (Fsp3) is 0.391. The Bertz CT molecular complexity index is 1060. The van der Waals surface area contributed by atoms with E-state index in [-0.39, 0.29) is 28.9 Å². The van der Waals surface area contributed by atoms with E-state index in [1.54, 1.807) is 36.4 Å². The van der Waals surface area contributed by atoms with E-state index in [0.717, 1.165) is 12.8 Å². The van der Waals surface area contributed by atoms with Crippen LogP contribution < -0.4 is 5.32 Å². The third-order valence-electron chi connectivity index (χ3n) is 5.32. The smallest absolute Gasteiger partial charge is 0.340 e. The molecule has 9 heteroatoms. The van der Waals surface area contributed by atoms with Gasteiger partial charge >= 0.3 is 5.97 Å². The summed E-state index contributed by atoms with van der Waals surface area (Å²) in [7, 11) is -3.14. The van der Waals surface area contributed by atoms with Crippen LogP contribution in [-0.2, 0) is 19.4 Å². The molecule has 0 aromatic heterocycles. The van der Waals surface area contributed by atoms with Crippen molar-refractivity contribution in [1.82, 2.24) is 4.90 Å². The molecule has 1 atom stereocenters. The lowest BCUT2D eigenvalue weighted by molar-refractivity contribution is -0.136. The molecule has 3 rings (SSSR count). The Morgan fingerprint density at radius 1 is 1.16 bits per heavy atom. The molecule has 2 aromatic rings. The summed E-state index contributed by atoms with van der Waals surface area (Å²) in [5, 5.41) is 3.04. The maximum Gasteiger partial charge on any atom is 0.340 e. The maximum atomic E-state index is 13.1. The highest BCUT2D eigenvalue weighted by molar-refractivity contribution is 7.91. The largest absolute Gasteiger partial charge is 0.452 e. The van der Waals surface area contributed by atoms with Crippen LogP contribution in [0.25, 0.3) is 0 Å². The Morgan fingerprint density at radius 3 is 2.53 bits per heavy atom. The average Bonchev–Trinajstić information content (AvgIpc) is 3.13. The van der Waals surface area contributed by atoms with Crippen LogP contribution in [0.2, 0.25) is 0 Å². The zero-order valence-electron chi connectivity index (χ0n) is 17.9. The van der Waals surface area contributed by atoms with Gasteiger partial charge in [-0.15, -0.1) is 0 Å². The predicted octanol–water partition coefficient (Wildman–Crippen LogP) is 3.54. The van der Waals surface area contributed by atoms with E-state index in [9.17, 15) is 22.4 Å². The van der Waals surface area contributed by atoms with Crippen molar-refractivity contribution in [2.45, 2.75) is 32.2 Å². The topological polar surface area (TPSA) is 92.8 Å². The number of benzene rings is 2. The number of nitrogens with one attached hydrogen (secondary N) is 1. The highest BCUT2D eigenvalue weighted by atomic mass is 32.2. The lowest BCUT2D eigenvalue weighted by Crippen LogP contribution is -2.43. The van der Waals surface area contributed by atoms with Gasteiger partial charge in [0.15, 0.2) is 16.4 Å². The molecule has 1 aliphatic heterocycles. The molecule has 0 radical (unpaired) electrons. The second-order valence-corrected chi connectivity index (χ2v) is 9.98. The molecule has 0 saturated carbocycles. The molecule has 7 nitrogen and oxygen atoms in total. The molecule has 1 N–H and O–H groups in total. The zero-order valence-corrected chi connectivity index (χ0v) is 18.7. The number of esters is 1. The number of nitrogens with zero attached hydrogens (tertiary/aromatic N) is 1. The second-order valence-electron chi connectivity index (χ2n) is 7.75. The minimum absolute atomic E-state index is 0.0547. The van der Waals surface area contributed by atoms with Crippen LogP contribution in [0.4, 0.5) is 15.8 Å². The number of unbranched alkanes of at least 4 members (excludes halogenated alkanes) is 1. The van der Waals surface area contributed by atoms with E-state index in [0.29, 0.717) is 24.3 Å². The zero-order chi connectivity index (χ0) is 23.1.